The summed E-state index contributed by atoms with van der Waals surface area (Å²) in [6.45, 7) is 0. The van der Waals surface area contributed by atoms with E-state index in [1.54, 1.807) is 0 Å². The third-order valence-electron chi connectivity index (χ3n) is 2.30. The zero-order valence-corrected chi connectivity index (χ0v) is 9.30. The van der Waals surface area contributed by atoms with E-state index < -0.39 is 0 Å². The van der Waals surface area contributed by atoms with Gasteiger partial charge in [0, 0.05) is 19.3 Å². The first-order valence-corrected chi connectivity index (χ1v) is 5.38. The van der Waals surface area contributed by atoms with E-state index in [4.69, 9.17) is 10.3 Å². The Morgan fingerprint density at radius 1 is 1.29 bits per heavy atom. The molecule has 0 saturated heterocycles. The van der Waals surface area contributed by atoms with E-state index in [9.17, 15) is 4.79 Å². The van der Waals surface area contributed by atoms with Gasteiger partial charge in [0.1, 0.15) is 0 Å². The lowest BCUT2D eigenvalue weighted by Crippen LogP contribution is -2.11. The zero-order valence-electron chi connectivity index (χ0n) is 9.30. The van der Waals surface area contributed by atoms with Crippen molar-refractivity contribution in [2.75, 3.05) is 0 Å². The number of aryl methyl sites for hydroxylation is 1. The summed E-state index contributed by atoms with van der Waals surface area (Å²) >= 11 is 0. The van der Waals surface area contributed by atoms with Crippen molar-refractivity contribution in [3.05, 3.63) is 47.6 Å². The fourth-order valence-corrected chi connectivity index (χ4v) is 1.47. The van der Waals surface area contributed by atoms with Crippen molar-refractivity contribution in [1.82, 2.24) is 10.1 Å². The molecule has 1 aromatic carbocycles. The number of primary amides is 1. The molecule has 0 atom stereocenters. The van der Waals surface area contributed by atoms with Crippen LogP contribution in [0.25, 0.3) is 0 Å². The highest BCUT2D eigenvalue weighted by molar-refractivity contribution is 5.73. The summed E-state index contributed by atoms with van der Waals surface area (Å²) in [6, 6.07) is 9.88. The SMILES string of the molecule is NC(=O)CCc1nc(Cc2ccccc2)no1. The molecule has 0 aliphatic carbocycles. The Balaban J connectivity index is 1.97. The predicted octanol–water partition coefficient (Wildman–Crippen LogP) is 1.08. The maximum atomic E-state index is 10.6. The molecule has 0 saturated carbocycles. The van der Waals surface area contributed by atoms with Gasteiger partial charge in [0.25, 0.3) is 0 Å². The molecule has 0 bridgehead atoms. The van der Waals surface area contributed by atoms with Gasteiger partial charge in [0.15, 0.2) is 5.82 Å². The lowest BCUT2D eigenvalue weighted by molar-refractivity contribution is -0.118. The van der Waals surface area contributed by atoms with Gasteiger partial charge in [-0.15, -0.1) is 0 Å². The predicted molar refractivity (Wildman–Crippen MR) is 61.1 cm³/mol. The fourth-order valence-electron chi connectivity index (χ4n) is 1.47. The number of amides is 1. The number of hydrogen-bond acceptors (Lipinski definition) is 4. The van der Waals surface area contributed by atoms with Gasteiger partial charge in [-0.2, -0.15) is 4.98 Å². The van der Waals surface area contributed by atoms with Crippen molar-refractivity contribution in [2.45, 2.75) is 19.3 Å². The van der Waals surface area contributed by atoms with Crippen LogP contribution in [0.4, 0.5) is 0 Å². The third kappa shape index (κ3) is 3.41. The van der Waals surface area contributed by atoms with Crippen LogP contribution in [0.15, 0.2) is 34.9 Å². The van der Waals surface area contributed by atoms with Crippen LogP contribution in [-0.2, 0) is 17.6 Å². The summed E-state index contributed by atoms with van der Waals surface area (Å²) in [5.74, 6) is 0.707. The molecular weight excluding hydrogens is 218 g/mol. The molecule has 17 heavy (non-hydrogen) atoms. The van der Waals surface area contributed by atoms with Crippen LogP contribution >= 0.6 is 0 Å². The molecule has 0 radical (unpaired) electrons. The minimum absolute atomic E-state index is 0.229. The average Bonchev–Trinajstić information content (AvgIpc) is 2.75. The first-order chi connectivity index (χ1) is 8.24. The highest BCUT2D eigenvalue weighted by atomic mass is 16.5. The Morgan fingerprint density at radius 3 is 2.76 bits per heavy atom. The van der Waals surface area contributed by atoms with Crippen LogP contribution in [0.2, 0.25) is 0 Å². The number of benzene rings is 1. The minimum Gasteiger partial charge on any atom is -0.370 e. The molecule has 0 unspecified atom stereocenters. The number of carbonyl (C=O) groups is 1. The molecule has 2 N–H and O–H groups in total. The monoisotopic (exact) mass is 231 g/mol. The highest BCUT2D eigenvalue weighted by Gasteiger charge is 2.07. The summed E-state index contributed by atoms with van der Waals surface area (Å²) in [5, 5.41) is 3.85. The number of nitrogens with two attached hydrogens (primary N) is 1. The summed E-state index contributed by atoms with van der Waals surface area (Å²) in [5.41, 5.74) is 6.16. The Hall–Kier alpha value is -2.17. The van der Waals surface area contributed by atoms with Crippen molar-refractivity contribution in [3.63, 3.8) is 0 Å². The maximum Gasteiger partial charge on any atom is 0.227 e. The summed E-state index contributed by atoms with van der Waals surface area (Å²) in [4.78, 5) is 14.8. The van der Waals surface area contributed by atoms with Gasteiger partial charge in [-0.05, 0) is 5.56 Å². The number of aromatic nitrogens is 2. The second kappa shape index (κ2) is 5.25. The highest BCUT2D eigenvalue weighted by Crippen LogP contribution is 2.07. The fraction of sp³-hybridized carbons (Fsp3) is 0.250. The van der Waals surface area contributed by atoms with Gasteiger partial charge in [-0.1, -0.05) is 35.5 Å². The van der Waals surface area contributed by atoms with E-state index in [0.717, 1.165) is 5.56 Å². The third-order valence-corrected chi connectivity index (χ3v) is 2.30. The van der Waals surface area contributed by atoms with Crippen LogP contribution < -0.4 is 5.73 Å². The second-order valence-corrected chi connectivity index (χ2v) is 3.73. The molecule has 5 heteroatoms. The van der Waals surface area contributed by atoms with Crippen LogP contribution in [0.5, 0.6) is 0 Å². The molecule has 0 aliphatic heterocycles. The van der Waals surface area contributed by atoms with Gasteiger partial charge in [0.2, 0.25) is 11.8 Å². The lowest BCUT2D eigenvalue weighted by atomic mass is 10.1. The quantitative estimate of drug-likeness (QED) is 0.834. The van der Waals surface area contributed by atoms with Crippen LogP contribution in [-0.4, -0.2) is 16.0 Å². The molecular formula is C12H13N3O2. The van der Waals surface area contributed by atoms with Gasteiger partial charge < -0.3 is 10.3 Å². The zero-order chi connectivity index (χ0) is 12.1. The van der Waals surface area contributed by atoms with Crippen molar-refractivity contribution >= 4 is 5.91 Å². The largest absolute Gasteiger partial charge is 0.370 e. The first-order valence-electron chi connectivity index (χ1n) is 5.38. The summed E-state index contributed by atoms with van der Waals surface area (Å²) < 4.78 is 5.02. The first kappa shape index (κ1) is 11.3. The topological polar surface area (TPSA) is 82.0 Å². The van der Waals surface area contributed by atoms with Crippen LogP contribution in [0, 0.1) is 0 Å². The standard InChI is InChI=1S/C12H13N3O2/c13-10(16)6-7-12-14-11(15-17-12)8-9-4-2-1-3-5-9/h1-5H,6-8H2,(H2,13,16). The molecule has 2 rings (SSSR count). The number of nitrogens with zero attached hydrogens (tertiary/aromatic N) is 2. The van der Waals surface area contributed by atoms with E-state index in [1.807, 2.05) is 30.3 Å². The van der Waals surface area contributed by atoms with Crippen molar-refractivity contribution in [3.8, 4) is 0 Å². The molecule has 0 fully saturated rings. The number of rotatable bonds is 5. The number of carbonyl (C=O) groups excluding carboxylic acids is 1. The Bertz CT molecular complexity index is 493. The van der Waals surface area contributed by atoms with E-state index in [0.29, 0.717) is 24.6 Å². The van der Waals surface area contributed by atoms with Crippen LogP contribution in [0.1, 0.15) is 23.7 Å². The normalized spacial score (nSPS) is 10.4. The summed E-state index contributed by atoms with van der Waals surface area (Å²) in [7, 11) is 0. The van der Waals surface area contributed by atoms with E-state index in [2.05, 4.69) is 10.1 Å². The Labute approximate surface area is 98.6 Å². The molecule has 5 nitrogen and oxygen atoms in total. The molecule has 0 aliphatic rings. The molecule has 1 heterocycles. The molecule has 1 amide bonds. The van der Waals surface area contributed by atoms with Gasteiger partial charge in [-0.3, -0.25) is 4.79 Å². The summed E-state index contributed by atoms with van der Waals surface area (Å²) in [6.07, 6.45) is 1.25. The van der Waals surface area contributed by atoms with E-state index in [-0.39, 0.29) is 12.3 Å². The maximum absolute atomic E-state index is 10.6. The van der Waals surface area contributed by atoms with Crippen molar-refractivity contribution in [1.29, 1.82) is 0 Å². The van der Waals surface area contributed by atoms with Crippen molar-refractivity contribution in [2.24, 2.45) is 5.73 Å². The van der Waals surface area contributed by atoms with Gasteiger partial charge in [-0.25, -0.2) is 0 Å². The van der Waals surface area contributed by atoms with Crippen molar-refractivity contribution < 1.29 is 9.32 Å². The van der Waals surface area contributed by atoms with Gasteiger partial charge >= 0.3 is 0 Å². The second-order valence-electron chi connectivity index (χ2n) is 3.73. The molecule has 88 valence electrons. The molecule has 0 spiro atoms. The van der Waals surface area contributed by atoms with E-state index in [1.165, 1.54) is 0 Å². The van der Waals surface area contributed by atoms with Crippen LogP contribution in [0.3, 0.4) is 0 Å². The van der Waals surface area contributed by atoms with E-state index >= 15 is 0 Å². The Kier molecular flexibility index (Phi) is 3.49. The van der Waals surface area contributed by atoms with Gasteiger partial charge in [0.05, 0.1) is 0 Å². The Morgan fingerprint density at radius 2 is 2.06 bits per heavy atom. The minimum atomic E-state index is -0.368. The smallest absolute Gasteiger partial charge is 0.227 e. The lowest BCUT2D eigenvalue weighted by Gasteiger charge is -1.94. The average molecular weight is 231 g/mol. The molecule has 2 aromatic rings. The molecule has 1 aromatic heterocycles. The number of hydrogen-bond donors (Lipinski definition) is 1.